The van der Waals surface area contributed by atoms with Crippen molar-refractivity contribution in [3.63, 3.8) is 0 Å². The van der Waals surface area contributed by atoms with E-state index in [0.29, 0.717) is 17.9 Å². The van der Waals surface area contributed by atoms with E-state index >= 15 is 0 Å². The minimum absolute atomic E-state index is 0.0144. The Morgan fingerprint density at radius 1 is 1.50 bits per heavy atom. The summed E-state index contributed by atoms with van der Waals surface area (Å²) in [5.41, 5.74) is 0. The van der Waals surface area contributed by atoms with Gasteiger partial charge in [0.05, 0.1) is 6.04 Å². The van der Waals surface area contributed by atoms with Gasteiger partial charge in [0.2, 0.25) is 11.9 Å². The standard InChI is InChI=1S/C12H19N5O/c1-17-12(13-7-14-17)16-11(18)10-6-8-4-2-3-5-9(8)15-10/h7-10,15H,2-6H2,1H3,(H,13,14,16,18). The third-order valence-electron chi connectivity index (χ3n) is 4.13. The van der Waals surface area contributed by atoms with Crippen LogP contribution in [0, 0.1) is 5.92 Å². The lowest BCUT2D eigenvalue weighted by molar-refractivity contribution is -0.118. The summed E-state index contributed by atoms with van der Waals surface area (Å²) in [6.07, 6.45) is 7.45. The van der Waals surface area contributed by atoms with Gasteiger partial charge in [-0.15, -0.1) is 0 Å². The van der Waals surface area contributed by atoms with E-state index in [1.165, 1.54) is 32.0 Å². The zero-order chi connectivity index (χ0) is 12.5. The number of rotatable bonds is 2. The van der Waals surface area contributed by atoms with Crippen molar-refractivity contribution in [2.75, 3.05) is 5.32 Å². The average molecular weight is 249 g/mol. The fraction of sp³-hybridized carbons (Fsp3) is 0.750. The summed E-state index contributed by atoms with van der Waals surface area (Å²) in [7, 11) is 1.77. The molecule has 1 saturated heterocycles. The van der Waals surface area contributed by atoms with Crippen molar-refractivity contribution in [3.05, 3.63) is 6.33 Å². The highest BCUT2D eigenvalue weighted by molar-refractivity contribution is 5.93. The van der Waals surface area contributed by atoms with Crippen molar-refractivity contribution in [1.82, 2.24) is 20.1 Å². The monoisotopic (exact) mass is 249 g/mol. The quantitative estimate of drug-likeness (QED) is 0.808. The van der Waals surface area contributed by atoms with Gasteiger partial charge in [0.15, 0.2) is 0 Å². The lowest BCUT2D eigenvalue weighted by atomic mass is 9.85. The molecule has 3 rings (SSSR count). The molecule has 0 bridgehead atoms. The molecule has 0 radical (unpaired) electrons. The Morgan fingerprint density at radius 2 is 2.33 bits per heavy atom. The van der Waals surface area contributed by atoms with Crippen LogP contribution in [0.4, 0.5) is 5.95 Å². The predicted molar refractivity (Wildman–Crippen MR) is 66.9 cm³/mol. The van der Waals surface area contributed by atoms with Crippen LogP contribution in [0.15, 0.2) is 6.33 Å². The number of carbonyl (C=O) groups is 1. The number of amides is 1. The molecule has 1 saturated carbocycles. The molecule has 2 fully saturated rings. The van der Waals surface area contributed by atoms with E-state index in [-0.39, 0.29) is 11.9 Å². The maximum atomic E-state index is 12.2. The van der Waals surface area contributed by atoms with Crippen LogP contribution in [0.2, 0.25) is 0 Å². The van der Waals surface area contributed by atoms with Crippen molar-refractivity contribution in [1.29, 1.82) is 0 Å². The maximum absolute atomic E-state index is 12.2. The molecule has 18 heavy (non-hydrogen) atoms. The first-order chi connectivity index (χ1) is 8.74. The molecule has 98 valence electrons. The molecule has 1 amide bonds. The summed E-state index contributed by atoms with van der Waals surface area (Å²) < 4.78 is 1.57. The van der Waals surface area contributed by atoms with Gasteiger partial charge in [0, 0.05) is 13.1 Å². The molecule has 1 aliphatic carbocycles. The Bertz CT molecular complexity index is 429. The second-order valence-corrected chi connectivity index (χ2v) is 5.30. The Morgan fingerprint density at radius 3 is 3.06 bits per heavy atom. The molecule has 0 spiro atoms. The Hall–Kier alpha value is -1.43. The van der Waals surface area contributed by atoms with E-state index < -0.39 is 0 Å². The van der Waals surface area contributed by atoms with Gasteiger partial charge in [-0.25, -0.2) is 4.68 Å². The molecule has 3 atom stereocenters. The first-order valence-corrected chi connectivity index (χ1v) is 6.65. The second kappa shape index (κ2) is 4.68. The minimum atomic E-state index is -0.0743. The van der Waals surface area contributed by atoms with Crippen LogP contribution in [0.5, 0.6) is 0 Å². The number of nitrogens with one attached hydrogen (secondary N) is 2. The molecule has 0 aromatic carbocycles. The van der Waals surface area contributed by atoms with Gasteiger partial charge >= 0.3 is 0 Å². The smallest absolute Gasteiger partial charge is 0.243 e. The largest absolute Gasteiger partial charge is 0.303 e. The maximum Gasteiger partial charge on any atom is 0.243 e. The second-order valence-electron chi connectivity index (χ2n) is 5.30. The summed E-state index contributed by atoms with van der Waals surface area (Å²) in [5.74, 6) is 1.20. The van der Waals surface area contributed by atoms with E-state index in [1.807, 2.05) is 0 Å². The summed E-state index contributed by atoms with van der Waals surface area (Å²) in [6, 6.07) is 0.462. The number of anilines is 1. The van der Waals surface area contributed by atoms with Gasteiger partial charge in [-0.2, -0.15) is 10.1 Å². The molecular weight excluding hydrogens is 230 g/mol. The normalized spacial score (nSPS) is 31.1. The van der Waals surface area contributed by atoms with Gasteiger partial charge in [-0.05, 0) is 25.2 Å². The summed E-state index contributed by atoms with van der Waals surface area (Å²) in [5, 5.41) is 10.2. The third-order valence-corrected chi connectivity index (χ3v) is 4.13. The lowest BCUT2D eigenvalue weighted by Crippen LogP contribution is -2.40. The first-order valence-electron chi connectivity index (χ1n) is 6.65. The zero-order valence-corrected chi connectivity index (χ0v) is 10.6. The van der Waals surface area contributed by atoms with Gasteiger partial charge in [-0.1, -0.05) is 12.8 Å². The number of fused-ring (bicyclic) bond motifs is 1. The highest BCUT2D eigenvalue weighted by Gasteiger charge is 2.38. The van der Waals surface area contributed by atoms with Crippen LogP contribution in [0.1, 0.15) is 32.1 Å². The Kier molecular flexibility index (Phi) is 3.03. The molecule has 2 aliphatic rings. The van der Waals surface area contributed by atoms with Crippen LogP contribution in [0.25, 0.3) is 0 Å². The molecular formula is C12H19N5O. The van der Waals surface area contributed by atoms with Crippen LogP contribution < -0.4 is 10.6 Å². The zero-order valence-electron chi connectivity index (χ0n) is 10.6. The fourth-order valence-electron chi connectivity index (χ4n) is 3.13. The van der Waals surface area contributed by atoms with Crippen molar-refractivity contribution < 1.29 is 4.79 Å². The number of aromatic nitrogens is 3. The number of hydrogen-bond acceptors (Lipinski definition) is 4. The highest BCUT2D eigenvalue weighted by Crippen LogP contribution is 2.33. The van der Waals surface area contributed by atoms with E-state index in [4.69, 9.17) is 0 Å². The third kappa shape index (κ3) is 2.12. The van der Waals surface area contributed by atoms with Crippen LogP contribution in [-0.2, 0) is 11.8 Å². The molecule has 1 aliphatic heterocycles. The van der Waals surface area contributed by atoms with E-state index in [2.05, 4.69) is 20.7 Å². The Balaban J connectivity index is 1.62. The van der Waals surface area contributed by atoms with Gasteiger partial charge < -0.3 is 5.32 Å². The summed E-state index contributed by atoms with van der Waals surface area (Å²) in [4.78, 5) is 16.2. The van der Waals surface area contributed by atoms with Crippen molar-refractivity contribution in [2.45, 2.75) is 44.2 Å². The van der Waals surface area contributed by atoms with Gasteiger partial charge in [-0.3, -0.25) is 10.1 Å². The van der Waals surface area contributed by atoms with Crippen LogP contribution in [0.3, 0.4) is 0 Å². The SMILES string of the molecule is Cn1ncnc1NC(=O)C1CC2CCCCC2N1. The summed E-state index contributed by atoms with van der Waals surface area (Å²) >= 11 is 0. The minimum Gasteiger partial charge on any atom is -0.303 e. The fourth-order valence-corrected chi connectivity index (χ4v) is 3.13. The highest BCUT2D eigenvalue weighted by atomic mass is 16.2. The van der Waals surface area contributed by atoms with Crippen molar-refractivity contribution in [3.8, 4) is 0 Å². The number of carbonyl (C=O) groups excluding carboxylic acids is 1. The summed E-state index contributed by atoms with van der Waals surface area (Å²) in [6.45, 7) is 0. The molecule has 6 nitrogen and oxygen atoms in total. The molecule has 2 N–H and O–H groups in total. The van der Waals surface area contributed by atoms with Crippen molar-refractivity contribution >= 4 is 11.9 Å². The topological polar surface area (TPSA) is 71.8 Å². The molecule has 2 heterocycles. The molecule has 1 aromatic heterocycles. The molecule has 1 aromatic rings. The number of hydrogen-bond donors (Lipinski definition) is 2. The van der Waals surface area contributed by atoms with Gasteiger partial charge in [0.25, 0.3) is 0 Å². The lowest BCUT2D eigenvalue weighted by Gasteiger charge is -2.24. The predicted octanol–water partition coefficient (Wildman–Crippen LogP) is 0.674. The van der Waals surface area contributed by atoms with Crippen molar-refractivity contribution in [2.24, 2.45) is 13.0 Å². The molecule has 3 unspecified atom stereocenters. The van der Waals surface area contributed by atoms with E-state index in [9.17, 15) is 4.79 Å². The number of nitrogens with zero attached hydrogens (tertiary/aromatic N) is 3. The van der Waals surface area contributed by atoms with E-state index in [0.717, 1.165) is 6.42 Å². The Labute approximate surface area is 106 Å². The van der Waals surface area contributed by atoms with E-state index in [1.54, 1.807) is 11.7 Å². The molecule has 6 heteroatoms. The average Bonchev–Trinajstić information content (AvgIpc) is 2.96. The van der Waals surface area contributed by atoms with Crippen LogP contribution >= 0.6 is 0 Å². The number of aryl methyl sites for hydroxylation is 1. The first kappa shape index (κ1) is 11.6. The van der Waals surface area contributed by atoms with Crippen LogP contribution in [-0.4, -0.2) is 32.8 Å². The van der Waals surface area contributed by atoms with Gasteiger partial charge in [0.1, 0.15) is 6.33 Å².